The Morgan fingerprint density at radius 2 is 1.77 bits per heavy atom. The number of rotatable bonds is 10. The van der Waals surface area contributed by atoms with Crippen molar-refractivity contribution in [2.45, 2.75) is 25.3 Å². The first-order valence-corrected chi connectivity index (χ1v) is 11.0. The van der Waals surface area contributed by atoms with Crippen LogP contribution in [0.4, 0.5) is 4.39 Å². The van der Waals surface area contributed by atoms with E-state index in [2.05, 4.69) is 5.32 Å². The highest BCUT2D eigenvalue weighted by atomic mass is 32.2. The van der Waals surface area contributed by atoms with Gasteiger partial charge in [0.25, 0.3) is 5.91 Å². The average Bonchev–Trinajstić information content (AvgIpc) is 2.77. The van der Waals surface area contributed by atoms with Gasteiger partial charge in [0.2, 0.25) is 10.0 Å². The number of carbonyl (C=O) groups excluding carboxylic acids is 2. The largest absolute Gasteiger partial charge is 0.495 e. The third-order valence-corrected chi connectivity index (χ3v) is 6.56. The lowest BCUT2D eigenvalue weighted by atomic mass is 10.2. The molecular weight excluding hydrogens is 427 g/mol. The minimum Gasteiger partial charge on any atom is -0.495 e. The molecule has 2 rings (SSSR count). The van der Waals surface area contributed by atoms with Crippen molar-refractivity contribution in [3.05, 3.63) is 59.4 Å². The third kappa shape index (κ3) is 6.02. The molecular formula is C21H25FN2O6S. The maximum atomic E-state index is 13.6. The highest BCUT2D eigenvalue weighted by Crippen LogP contribution is 2.28. The fraction of sp³-hybridized carbons (Fsp3) is 0.333. The van der Waals surface area contributed by atoms with Crippen LogP contribution >= 0.6 is 0 Å². The Hall–Kier alpha value is -2.98. The number of sulfonamides is 1. The second-order valence-corrected chi connectivity index (χ2v) is 8.31. The van der Waals surface area contributed by atoms with Gasteiger partial charge in [-0.3, -0.25) is 4.79 Å². The summed E-state index contributed by atoms with van der Waals surface area (Å²) >= 11 is 0. The van der Waals surface area contributed by atoms with Crippen molar-refractivity contribution in [2.75, 3.05) is 26.8 Å². The van der Waals surface area contributed by atoms with E-state index in [1.165, 1.54) is 41.7 Å². The van der Waals surface area contributed by atoms with Crippen LogP contribution < -0.4 is 10.1 Å². The normalized spacial score (nSPS) is 11.3. The SMILES string of the molecule is CCN(CC)S(=O)(=O)c1cc(C(=O)OCC(=O)NCc2ccccc2F)ccc1OC. The Bertz CT molecular complexity index is 1040. The van der Waals surface area contributed by atoms with Crippen molar-refractivity contribution < 1.29 is 31.9 Å². The van der Waals surface area contributed by atoms with Gasteiger partial charge < -0.3 is 14.8 Å². The molecule has 0 aromatic heterocycles. The molecule has 0 atom stereocenters. The van der Waals surface area contributed by atoms with E-state index in [-0.39, 0.29) is 35.8 Å². The summed E-state index contributed by atoms with van der Waals surface area (Å²) < 4.78 is 50.6. The molecule has 0 spiro atoms. The summed E-state index contributed by atoms with van der Waals surface area (Å²) in [5, 5.41) is 2.45. The van der Waals surface area contributed by atoms with Crippen molar-refractivity contribution in [1.29, 1.82) is 0 Å². The van der Waals surface area contributed by atoms with Gasteiger partial charge in [0.15, 0.2) is 6.61 Å². The molecule has 1 amide bonds. The molecule has 8 nitrogen and oxygen atoms in total. The number of hydrogen-bond acceptors (Lipinski definition) is 6. The minimum absolute atomic E-state index is 0.0477. The fourth-order valence-electron chi connectivity index (χ4n) is 2.81. The van der Waals surface area contributed by atoms with E-state index in [1.807, 2.05) is 0 Å². The zero-order valence-corrected chi connectivity index (χ0v) is 18.4. The summed E-state index contributed by atoms with van der Waals surface area (Å²) in [6.45, 7) is 3.24. The average molecular weight is 453 g/mol. The molecule has 1 N–H and O–H groups in total. The summed E-state index contributed by atoms with van der Waals surface area (Å²) in [5.74, 6) is -1.87. The van der Waals surface area contributed by atoms with E-state index in [9.17, 15) is 22.4 Å². The van der Waals surface area contributed by atoms with Crippen LogP contribution in [-0.2, 0) is 26.1 Å². The predicted molar refractivity (Wildman–Crippen MR) is 112 cm³/mol. The van der Waals surface area contributed by atoms with Crippen LogP contribution in [-0.4, -0.2) is 51.4 Å². The molecule has 2 aromatic rings. The monoisotopic (exact) mass is 452 g/mol. The molecule has 0 saturated carbocycles. The number of benzene rings is 2. The summed E-state index contributed by atoms with van der Waals surface area (Å²) in [7, 11) is -2.56. The summed E-state index contributed by atoms with van der Waals surface area (Å²) in [5.41, 5.74) is 0.247. The summed E-state index contributed by atoms with van der Waals surface area (Å²) in [6.07, 6.45) is 0. The Morgan fingerprint density at radius 1 is 1.10 bits per heavy atom. The summed E-state index contributed by atoms with van der Waals surface area (Å²) in [6, 6.07) is 9.83. The number of hydrogen-bond donors (Lipinski definition) is 1. The lowest BCUT2D eigenvalue weighted by Crippen LogP contribution is -2.31. The number of nitrogens with zero attached hydrogens (tertiary/aromatic N) is 1. The number of esters is 1. The van der Waals surface area contributed by atoms with Crippen LogP contribution in [0.1, 0.15) is 29.8 Å². The Kier molecular flexibility index (Phi) is 8.52. The molecule has 10 heteroatoms. The lowest BCUT2D eigenvalue weighted by Gasteiger charge is -2.20. The van der Waals surface area contributed by atoms with E-state index in [0.717, 1.165) is 6.07 Å². The molecule has 0 aliphatic carbocycles. The van der Waals surface area contributed by atoms with Gasteiger partial charge in [-0.05, 0) is 24.3 Å². The van der Waals surface area contributed by atoms with Crippen LogP contribution in [0.2, 0.25) is 0 Å². The van der Waals surface area contributed by atoms with Crippen LogP contribution in [0, 0.1) is 5.82 Å². The van der Waals surface area contributed by atoms with E-state index in [4.69, 9.17) is 9.47 Å². The van der Waals surface area contributed by atoms with Gasteiger partial charge in [0.05, 0.1) is 12.7 Å². The molecule has 0 aliphatic rings. The fourth-order valence-corrected chi connectivity index (χ4v) is 4.45. The van der Waals surface area contributed by atoms with Crippen molar-refractivity contribution in [2.24, 2.45) is 0 Å². The van der Waals surface area contributed by atoms with Crippen LogP contribution in [0.3, 0.4) is 0 Å². The van der Waals surface area contributed by atoms with Gasteiger partial charge >= 0.3 is 5.97 Å². The molecule has 0 unspecified atom stereocenters. The Morgan fingerprint density at radius 3 is 2.39 bits per heavy atom. The number of methoxy groups -OCH3 is 1. The number of nitrogens with one attached hydrogen (secondary N) is 1. The van der Waals surface area contributed by atoms with Gasteiger partial charge in [-0.2, -0.15) is 4.31 Å². The first-order chi connectivity index (χ1) is 14.7. The van der Waals surface area contributed by atoms with Gasteiger partial charge in [0.1, 0.15) is 16.5 Å². The number of carbonyl (C=O) groups is 2. The van der Waals surface area contributed by atoms with Crippen molar-refractivity contribution in [1.82, 2.24) is 9.62 Å². The van der Waals surface area contributed by atoms with E-state index in [1.54, 1.807) is 19.9 Å². The molecule has 31 heavy (non-hydrogen) atoms. The minimum atomic E-state index is -3.89. The highest BCUT2D eigenvalue weighted by molar-refractivity contribution is 7.89. The second kappa shape index (κ2) is 10.9. The predicted octanol–water partition coefficient (Wildman–Crippen LogP) is 2.34. The van der Waals surface area contributed by atoms with Gasteiger partial charge in [0, 0.05) is 25.2 Å². The van der Waals surface area contributed by atoms with Crippen LogP contribution in [0.15, 0.2) is 47.4 Å². The van der Waals surface area contributed by atoms with Crippen molar-refractivity contribution in [3.8, 4) is 5.75 Å². The maximum Gasteiger partial charge on any atom is 0.338 e. The summed E-state index contributed by atoms with van der Waals surface area (Å²) in [4.78, 5) is 24.1. The quantitative estimate of drug-likeness (QED) is 0.555. The number of halogens is 1. The first kappa shape index (κ1) is 24.3. The zero-order valence-electron chi connectivity index (χ0n) is 17.6. The smallest absolute Gasteiger partial charge is 0.338 e. The molecule has 0 heterocycles. The van der Waals surface area contributed by atoms with Gasteiger partial charge in [-0.1, -0.05) is 32.0 Å². The first-order valence-electron chi connectivity index (χ1n) is 9.60. The number of amides is 1. The van der Waals surface area contributed by atoms with E-state index >= 15 is 0 Å². The van der Waals surface area contributed by atoms with Crippen molar-refractivity contribution >= 4 is 21.9 Å². The molecule has 0 radical (unpaired) electrons. The maximum absolute atomic E-state index is 13.6. The molecule has 0 bridgehead atoms. The van der Waals surface area contributed by atoms with E-state index < -0.39 is 34.3 Å². The van der Waals surface area contributed by atoms with Gasteiger partial charge in [-0.25, -0.2) is 17.6 Å². The lowest BCUT2D eigenvalue weighted by molar-refractivity contribution is -0.124. The highest BCUT2D eigenvalue weighted by Gasteiger charge is 2.27. The second-order valence-electron chi connectivity index (χ2n) is 6.40. The molecule has 0 saturated heterocycles. The van der Waals surface area contributed by atoms with Crippen LogP contribution in [0.5, 0.6) is 5.75 Å². The molecule has 168 valence electrons. The molecule has 2 aromatic carbocycles. The molecule has 0 aliphatic heterocycles. The number of ether oxygens (including phenoxy) is 2. The topological polar surface area (TPSA) is 102 Å². The standard InChI is InChI=1S/C21H25FN2O6S/c1-4-24(5-2)31(27,28)19-12-15(10-11-18(19)29-3)21(26)30-14-20(25)23-13-16-8-6-7-9-17(16)22/h6-12H,4-5,13-14H2,1-3H3,(H,23,25). The Labute approximate surface area is 181 Å². The van der Waals surface area contributed by atoms with Gasteiger partial charge in [-0.15, -0.1) is 0 Å². The van der Waals surface area contributed by atoms with Crippen LogP contribution in [0.25, 0.3) is 0 Å². The van der Waals surface area contributed by atoms with Crippen molar-refractivity contribution in [3.63, 3.8) is 0 Å². The third-order valence-electron chi connectivity index (χ3n) is 4.49. The molecule has 0 fully saturated rings. The zero-order chi connectivity index (χ0) is 23.0. The Balaban J connectivity index is 2.08. The van der Waals surface area contributed by atoms with E-state index in [0.29, 0.717) is 5.56 Å².